The molecule has 1 aromatic carbocycles. The van der Waals surface area contributed by atoms with Crippen LogP contribution in [0.5, 0.6) is 0 Å². The van der Waals surface area contributed by atoms with Gasteiger partial charge in [0.05, 0.1) is 12.6 Å². The van der Waals surface area contributed by atoms with Gasteiger partial charge in [-0.3, -0.25) is 9.69 Å². The Labute approximate surface area is 132 Å². The summed E-state index contributed by atoms with van der Waals surface area (Å²) in [6.45, 7) is 2.87. The SMILES string of the molecule is C[C@@H](C(=O)N1CCNC1=O)[NH+](C)Cc1ccc(C(F)(F)F)cc1. The zero-order valence-corrected chi connectivity index (χ0v) is 12.9. The van der Waals surface area contributed by atoms with Crippen LogP contribution in [0.25, 0.3) is 0 Å². The Morgan fingerprint density at radius 3 is 2.43 bits per heavy atom. The highest BCUT2D eigenvalue weighted by molar-refractivity contribution is 5.97. The Kier molecular flexibility index (Phi) is 4.93. The maximum Gasteiger partial charge on any atom is 0.416 e. The largest absolute Gasteiger partial charge is 0.416 e. The zero-order valence-electron chi connectivity index (χ0n) is 12.9. The summed E-state index contributed by atoms with van der Waals surface area (Å²) in [6.07, 6.45) is -4.36. The van der Waals surface area contributed by atoms with Crippen molar-refractivity contribution in [1.82, 2.24) is 10.2 Å². The average Bonchev–Trinajstić information content (AvgIpc) is 2.91. The Morgan fingerprint density at radius 1 is 1.35 bits per heavy atom. The fourth-order valence-electron chi connectivity index (χ4n) is 2.41. The maximum atomic E-state index is 12.5. The summed E-state index contributed by atoms with van der Waals surface area (Å²) >= 11 is 0. The second kappa shape index (κ2) is 6.57. The fraction of sp³-hybridized carbons (Fsp3) is 0.467. The van der Waals surface area contributed by atoms with Crippen molar-refractivity contribution in [2.24, 2.45) is 0 Å². The van der Waals surface area contributed by atoms with Crippen molar-refractivity contribution < 1.29 is 27.7 Å². The van der Waals surface area contributed by atoms with Crippen molar-refractivity contribution in [2.45, 2.75) is 25.7 Å². The molecule has 1 aromatic rings. The van der Waals surface area contributed by atoms with Gasteiger partial charge < -0.3 is 10.2 Å². The highest BCUT2D eigenvalue weighted by atomic mass is 19.4. The van der Waals surface area contributed by atoms with Crippen LogP contribution in [-0.4, -0.2) is 43.0 Å². The number of hydrogen-bond donors (Lipinski definition) is 2. The number of likely N-dealkylation sites (N-methyl/N-ethyl adjacent to an activating group) is 1. The van der Waals surface area contributed by atoms with Crippen molar-refractivity contribution in [3.8, 4) is 0 Å². The van der Waals surface area contributed by atoms with Crippen LogP contribution >= 0.6 is 0 Å². The molecule has 0 saturated carbocycles. The van der Waals surface area contributed by atoms with Gasteiger partial charge in [-0.25, -0.2) is 4.79 Å². The molecule has 23 heavy (non-hydrogen) atoms. The van der Waals surface area contributed by atoms with Gasteiger partial charge in [-0.15, -0.1) is 0 Å². The molecular weight excluding hydrogens is 311 g/mol. The number of carbonyl (C=O) groups is 2. The van der Waals surface area contributed by atoms with Crippen LogP contribution in [-0.2, 0) is 17.5 Å². The number of halogens is 3. The average molecular weight is 330 g/mol. The van der Waals surface area contributed by atoms with Gasteiger partial charge in [0.15, 0.2) is 6.04 Å². The van der Waals surface area contributed by atoms with Gasteiger partial charge in [0.25, 0.3) is 5.91 Å². The topological polar surface area (TPSA) is 53.9 Å². The number of benzene rings is 1. The predicted molar refractivity (Wildman–Crippen MR) is 76.6 cm³/mol. The van der Waals surface area contributed by atoms with Crippen molar-refractivity contribution in [3.63, 3.8) is 0 Å². The molecule has 2 rings (SSSR count). The van der Waals surface area contributed by atoms with E-state index in [9.17, 15) is 22.8 Å². The molecule has 5 nitrogen and oxygen atoms in total. The molecule has 1 fully saturated rings. The summed E-state index contributed by atoms with van der Waals surface area (Å²) in [5.74, 6) is -0.288. The van der Waals surface area contributed by atoms with Crippen molar-refractivity contribution >= 4 is 11.9 Å². The third-order valence-corrected chi connectivity index (χ3v) is 4.00. The number of alkyl halides is 3. The van der Waals surface area contributed by atoms with Crippen LogP contribution in [0, 0.1) is 0 Å². The molecule has 0 spiro atoms. The molecule has 0 aromatic heterocycles. The zero-order chi connectivity index (χ0) is 17.2. The lowest BCUT2D eigenvalue weighted by atomic mass is 10.1. The number of nitrogens with zero attached hydrogens (tertiary/aromatic N) is 1. The van der Waals surface area contributed by atoms with E-state index >= 15 is 0 Å². The minimum absolute atomic E-state index is 0.288. The molecule has 8 heteroatoms. The predicted octanol–water partition coefficient (Wildman–Crippen LogP) is 0.660. The van der Waals surface area contributed by atoms with Gasteiger partial charge >= 0.3 is 12.2 Å². The quantitative estimate of drug-likeness (QED) is 0.852. The van der Waals surface area contributed by atoms with E-state index in [1.165, 1.54) is 17.0 Å². The summed E-state index contributed by atoms with van der Waals surface area (Å²) in [5.41, 5.74) is -0.00205. The maximum absolute atomic E-state index is 12.5. The molecular formula is C15H19F3N3O2+. The van der Waals surface area contributed by atoms with Gasteiger partial charge in [0.2, 0.25) is 0 Å². The van der Waals surface area contributed by atoms with E-state index in [4.69, 9.17) is 0 Å². The van der Waals surface area contributed by atoms with Crippen LogP contribution in [0.3, 0.4) is 0 Å². The molecule has 0 bridgehead atoms. The number of urea groups is 1. The lowest BCUT2D eigenvalue weighted by Crippen LogP contribution is -3.12. The van der Waals surface area contributed by atoms with Crippen LogP contribution in [0.1, 0.15) is 18.1 Å². The molecule has 1 aliphatic heterocycles. The first-order valence-corrected chi connectivity index (χ1v) is 7.28. The number of carbonyl (C=O) groups excluding carboxylic acids is 2. The van der Waals surface area contributed by atoms with Crippen LogP contribution in [0.4, 0.5) is 18.0 Å². The number of rotatable bonds is 4. The van der Waals surface area contributed by atoms with Crippen LogP contribution in [0.2, 0.25) is 0 Å². The molecule has 1 aliphatic rings. The second-order valence-corrected chi connectivity index (χ2v) is 5.66. The van der Waals surface area contributed by atoms with Gasteiger partial charge in [-0.05, 0) is 19.1 Å². The van der Waals surface area contributed by atoms with Gasteiger partial charge in [-0.1, -0.05) is 12.1 Å². The standard InChI is InChI=1S/C15H18F3N3O2/c1-10(13(22)21-8-7-19-14(21)23)20(2)9-11-3-5-12(6-4-11)15(16,17)18/h3-6,10H,7-9H2,1-2H3,(H,19,23)/p+1/t10-/m0/s1. The van der Waals surface area contributed by atoms with Crippen molar-refractivity contribution in [1.29, 1.82) is 0 Å². The Morgan fingerprint density at radius 2 is 1.96 bits per heavy atom. The summed E-state index contributed by atoms with van der Waals surface area (Å²) in [6, 6.07) is 4.01. The molecule has 3 amide bonds. The third kappa shape index (κ3) is 4.01. The second-order valence-electron chi connectivity index (χ2n) is 5.66. The number of imide groups is 1. The van der Waals surface area contributed by atoms with E-state index in [1.54, 1.807) is 14.0 Å². The Balaban J connectivity index is 1.99. The van der Waals surface area contributed by atoms with Gasteiger partial charge in [-0.2, -0.15) is 13.2 Å². The first-order chi connectivity index (χ1) is 10.7. The normalized spacial score (nSPS) is 17.8. The lowest BCUT2D eigenvalue weighted by molar-refractivity contribution is -0.908. The summed E-state index contributed by atoms with van der Waals surface area (Å²) in [7, 11) is 1.77. The molecule has 126 valence electrons. The summed E-state index contributed by atoms with van der Waals surface area (Å²) in [4.78, 5) is 25.7. The number of nitrogens with one attached hydrogen (secondary N) is 2. The lowest BCUT2D eigenvalue weighted by Gasteiger charge is -2.24. The highest BCUT2D eigenvalue weighted by Crippen LogP contribution is 2.28. The van der Waals surface area contributed by atoms with Crippen LogP contribution in [0.15, 0.2) is 24.3 Å². The third-order valence-electron chi connectivity index (χ3n) is 4.00. The van der Waals surface area contributed by atoms with Crippen molar-refractivity contribution in [2.75, 3.05) is 20.1 Å². The molecule has 1 saturated heterocycles. The first-order valence-electron chi connectivity index (χ1n) is 7.28. The van der Waals surface area contributed by atoms with Gasteiger partial charge in [0, 0.05) is 18.7 Å². The molecule has 1 heterocycles. The fourth-order valence-corrected chi connectivity index (χ4v) is 2.41. The molecule has 1 unspecified atom stereocenters. The monoisotopic (exact) mass is 330 g/mol. The van der Waals surface area contributed by atoms with E-state index in [1.807, 2.05) is 0 Å². The highest BCUT2D eigenvalue weighted by Gasteiger charge is 2.34. The summed E-state index contributed by atoms with van der Waals surface area (Å²) in [5, 5.41) is 2.56. The minimum Gasteiger partial charge on any atom is -0.336 e. The molecule has 2 atom stereocenters. The molecule has 0 radical (unpaired) electrons. The minimum atomic E-state index is -4.36. The van der Waals surface area contributed by atoms with E-state index in [0.29, 0.717) is 25.2 Å². The Hall–Kier alpha value is -2.09. The molecule has 0 aliphatic carbocycles. The van der Waals surface area contributed by atoms with E-state index in [0.717, 1.165) is 17.0 Å². The van der Waals surface area contributed by atoms with Crippen LogP contribution < -0.4 is 10.2 Å². The van der Waals surface area contributed by atoms with Gasteiger partial charge in [0.1, 0.15) is 6.54 Å². The summed E-state index contributed by atoms with van der Waals surface area (Å²) < 4.78 is 37.6. The van der Waals surface area contributed by atoms with E-state index < -0.39 is 23.8 Å². The smallest absolute Gasteiger partial charge is 0.336 e. The van der Waals surface area contributed by atoms with E-state index in [-0.39, 0.29) is 5.91 Å². The van der Waals surface area contributed by atoms with E-state index in [2.05, 4.69) is 5.32 Å². The number of hydrogen-bond acceptors (Lipinski definition) is 2. The van der Waals surface area contributed by atoms with Crippen molar-refractivity contribution in [3.05, 3.63) is 35.4 Å². The number of quaternary nitrogens is 1. The number of amides is 3. The first kappa shape index (κ1) is 17.3. The Bertz CT molecular complexity index is 587. The molecule has 2 N–H and O–H groups in total.